The number of hydrogen-bond donors (Lipinski definition) is 3. The number of alkyl halides is 6. The number of rotatable bonds is 4. The van der Waals surface area contributed by atoms with E-state index in [-0.39, 0.29) is 17.7 Å². The van der Waals surface area contributed by atoms with Crippen LogP contribution < -0.4 is 0 Å². The van der Waals surface area contributed by atoms with Crippen molar-refractivity contribution in [3.05, 3.63) is 65.5 Å². The molecule has 33 heavy (non-hydrogen) atoms. The van der Waals surface area contributed by atoms with Crippen molar-refractivity contribution < 1.29 is 54.5 Å². The van der Waals surface area contributed by atoms with Gasteiger partial charge >= 0.3 is 12.4 Å². The van der Waals surface area contributed by atoms with E-state index < -0.39 is 73.9 Å². The Labute approximate surface area is 183 Å². The van der Waals surface area contributed by atoms with Crippen LogP contribution in [0, 0.1) is 5.82 Å². The normalized spacial score (nSPS) is 24.8. The van der Waals surface area contributed by atoms with Gasteiger partial charge in [0.05, 0.1) is 17.1 Å². The summed E-state index contributed by atoms with van der Waals surface area (Å²) in [6.45, 7) is 0. The number of aliphatic hydroxyl groups excluding tert-OH is 2. The second-order valence-corrected chi connectivity index (χ2v) is 10.0. The van der Waals surface area contributed by atoms with Crippen LogP contribution in [0.15, 0.2) is 53.4 Å². The lowest BCUT2D eigenvalue weighted by molar-refractivity contribution is -0.376. The lowest BCUT2D eigenvalue weighted by Crippen LogP contribution is -2.53. The molecule has 3 N–H and O–H groups in total. The molecule has 0 unspecified atom stereocenters. The van der Waals surface area contributed by atoms with Crippen LogP contribution in [0.4, 0.5) is 30.7 Å². The average molecular weight is 502 g/mol. The predicted octanol–water partition coefficient (Wildman–Crippen LogP) is 3.32. The van der Waals surface area contributed by atoms with Crippen LogP contribution in [-0.4, -0.2) is 48.3 Å². The predicted molar refractivity (Wildman–Crippen MR) is 99.0 cm³/mol. The van der Waals surface area contributed by atoms with Crippen LogP contribution in [0.5, 0.6) is 0 Å². The molecule has 1 saturated carbocycles. The third kappa shape index (κ3) is 3.90. The monoisotopic (exact) mass is 502 g/mol. The standard InChI is InChI=1S/C20H17F7O5S/c21-13-5-7-14(8-6-13)33(31,32)17(9-15(28)16(29)10-17)11-1-3-12(4-2-11)18(30,19(22,23)24)20(25,26)27/h1-8,15-16,28-30H,9-10H2/t15-,16+,17-. The van der Waals surface area contributed by atoms with Crippen LogP contribution >= 0.6 is 0 Å². The summed E-state index contributed by atoms with van der Waals surface area (Å²) >= 11 is 0. The molecule has 0 radical (unpaired) electrons. The molecular weight excluding hydrogens is 485 g/mol. The van der Waals surface area contributed by atoms with Crippen molar-refractivity contribution in [2.75, 3.05) is 0 Å². The first-order chi connectivity index (χ1) is 15.0. The Morgan fingerprint density at radius 3 is 1.61 bits per heavy atom. The Bertz CT molecular complexity index is 1090. The van der Waals surface area contributed by atoms with E-state index >= 15 is 0 Å². The van der Waals surface area contributed by atoms with Gasteiger partial charge in [-0.25, -0.2) is 12.8 Å². The molecule has 0 bridgehead atoms. The highest BCUT2D eigenvalue weighted by atomic mass is 32.2. The van der Waals surface area contributed by atoms with Gasteiger partial charge in [-0.2, -0.15) is 26.3 Å². The molecule has 0 heterocycles. The Morgan fingerprint density at radius 2 is 1.21 bits per heavy atom. The van der Waals surface area contributed by atoms with Crippen LogP contribution in [0.3, 0.4) is 0 Å². The Hall–Kier alpha value is -2.22. The van der Waals surface area contributed by atoms with E-state index in [9.17, 15) is 54.5 Å². The molecule has 1 fully saturated rings. The van der Waals surface area contributed by atoms with Gasteiger partial charge < -0.3 is 15.3 Å². The van der Waals surface area contributed by atoms with Gasteiger partial charge in [0.15, 0.2) is 9.84 Å². The number of aliphatic hydroxyl groups is 3. The minimum Gasteiger partial charge on any atom is -0.390 e. The van der Waals surface area contributed by atoms with E-state index in [1.807, 2.05) is 0 Å². The zero-order valence-electron chi connectivity index (χ0n) is 16.4. The number of benzene rings is 2. The van der Waals surface area contributed by atoms with E-state index in [1.54, 1.807) is 0 Å². The lowest BCUT2D eigenvalue weighted by Gasteiger charge is -2.34. The van der Waals surface area contributed by atoms with E-state index in [2.05, 4.69) is 0 Å². The van der Waals surface area contributed by atoms with Crippen LogP contribution in [0.2, 0.25) is 0 Å². The lowest BCUT2D eigenvalue weighted by atomic mass is 9.88. The summed E-state index contributed by atoms with van der Waals surface area (Å²) in [5.41, 5.74) is -7.13. The zero-order valence-corrected chi connectivity index (χ0v) is 17.2. The zero-order chi connectivity index (χ0) is 25.0. The fraction of sp³-hybridized carbons (Fsp3) is 0.400. The summed E-state index contributed by atoms with van der Waals surface area (Å²) in [6.07, 6.45) is -16.7. The topological polar surface area (TPSA) is 94.8 Å². The first-order valence-electron chi connectivity index (χ1n) is 9.30. The highest BCUT2D eigenvalue weighted by Crippen LogP contribution is 2.52. The molecule has 13 heteroatoms. The van der Waals surface area contributed by atoms with E-state index in [0.717, 1.165) is 24.3 Å². The molecule has 1 aliphatic carbocycles. The van der Waals surface area contributed by atoms with E-state index in [0.29, 0.717) is 12.1 Å². The highest BCUT2D eigenvalue weighted by Gasteiger charge is 2.71. The number of sulfone groups is 1. The highest BCUT2D eigenvalue weighted by molar-refractivity contribution is 7.92. The average Bonchev–Trinajstić information content (AvgIpc) is 3.02. The fourth-order valence-corrected chi connectivity index (χ4v) is 6.16. The Kier molecular flexibility index (Phi) is 6.10. The third-order valence-electron chi connectivity index (χ3n) is 5.81. The molecule has 0 saturated heterocycles. The largest absolute Gasteiger partial charge is 0.430 e. The maximum absolute atomic E-state index is 13.4. The Balaban J connectivity index is 2.18. The van der Waals surface area contributed by atoms with E-state index in [1.165, 1.54) is 0 Å². The summed E-state index contributed by atoms with van der Waals surface area (Å²) in [5.74, 6) is -0.766. The summed E-state index contributed by atoms with van der Waals surface area (Å²) in [5, 5.41) is 29.6. The van der Waals surface area contributed by atoms with Crippen molar-refractivity contribution in [3.63, 3.8) is 0 Å². The van der Waals surface area contributed by atoms with Crippen LogP contribution in [0.1, 0.15) is 24.0 Å². The van der Waals surface area contributed by atoms with Gasteiger partial charge in [-0.1, -0.05) is 24.3 Å². The first-order valence-corrected chi connectivity index (χ1v) is 10.8. The second kappa shape index (κ2) is 7.93. The molecule has 5 nitrogen and oxygen atoms in total. The molecule has 1 aliphatic rings. The van der Waals surface area contributed by atoms with Gasteiger partial charge in [0, 0.05) is 5.56 Å². The summed E-state index contributed by atoms with van der Waals surface area (Å²) < 4.78 is 117. The van der Waals surface area contributed by atoms with Gasteiger partial charge in [-0.05, 0) is 42.7 Å². The summed E-state index contributed by atoms with van der Waals surface area (Å²) in [4.78, 5) is -0.434. The number of halogens is 7. The van der Waals surface area contributed by atoms with Crippen molar-refractivity contribution >= 4 is 9.84 Å². The molecule has 182 valence electrons. The smallest absolute Gasteiger partial charge is 0.390 e. The first kappa shape index (κ1) is 25.4. The van der Waals surface area contributed by atoms with Crippen LogP contribution in [0.25, 0.3) is 0 Å². The second-order valence-electron chi connectivity index (χ2n) is 7.78. The molecular formula is C20H17F7O5S. The Morgan fingerprint density at radius 1 is 0.788 bits per heavy atom. The van der Waals surface area contributed by atoms with Crippen molar-refractivity contribution in [1.82, 2.24) is 0 Å². The molecule has 0 aromatic heterocycles. The van der Waals surface area contributed by atoms with Gasteiger partial charge in [0.1, 0.15) is 10.6 Å². The number of hydrogen-bond acceptors (Lipinski definition) is 5. The molecule has 0 aliphatic heterocycles. The third-order valence-corrected chi connectivity index (χ3v) is 8.30. The van der Waals surface area contributed by atoms with Crippen molar-refractivity contribution in [2.45, 2.75) is 52.6 Å². The minimum absolute atomic E-state index is 0.287. The van der Waals surface area contributed by atoms with E-state index in [4.69, 9.17) is 0 Å². The maximum atomic E-state index is 13.4. The minimum atomic E-state index is -6.13. The van der Waals surface area contributed by atoms with Gasteiger partial charge in [-0.15, -0.1) is 0 Å². The molecule has 0 spiro atoms. The quantitative estimate of drug-likeness (QED) is 0.441. The van der Waals surface area contributed by atoms with Crippen molar-refractivity contribution in [1.29, 1.82) is 0 Å². The van der Waals surface area contributed by atoms with Crippen molar-refractivity contribution in [2.24, 2.45) is 0 Å². The molecule has 3 atom stereocenters. The molecule has 3 rings (SSSR count). The molecule has 2 aromatic rings. The SMILES string of the molecule is O=S(=O)(c1ccc(F)cc1)[C@]1(c2ccc(C(O)(C(F)(F)F)C(F)(F)F)cc2)C[C@@H](O)[C@@H](O)C1. The molecule has 2 aromatic carbocycles. The van der Waals surface area contributed by atoms with Gasteiger partial charge in [0.25, 0.3) is 5.60 Å². The van der Waals surface area contributed by atoms with Gasteiger partial charge in [0.2, 0.25) is 0 Å². The summed E-state index contributed by atoms with van der Waals surface area (Å²) in [6, 6.07) is 5.36. The molecule has 0 amide bonds. The summed E-state index contributed by atoms with van der Waals surface area (Å²) in [7, 11) is -4.53. The van der Waals surface area contributed by atoms with Crippen LogP contribution in [-0.2, 0) is 20.2 Å². The van der Waals surface area contributed by atoms with Gasteiger partial charge in [-0.3, -0.25) is 0 Å². The maximum Gasteiger partial charge on any atom is 0.430 e. The van der Waals surface area contributed by atoms with Crippen molar-refractivity contribution in [3.8, 4) is 0 Å². The fourth-order valence-electron chi connectivity index (χ4n) is 3.98.